The number of aryl methyl sites for hydroxylation is 1. The standard InChI is InChI=1S/C16H21N3/c1-13-5-4-6-15(18-13)12-17-11-14-7-9-16(10-8-14)19(2)3/h4-10,17H,11-12H2,1-3H3. The number of benzene rings is 1. The van der Waals surface area contributed by atoms with E-state index in [-0.39, 0.29) is 0 Å². The maximum Gasteiger partial charge on any atom is 0.0544 e. The van der Waals surface area contributed by atoms with Crippen LogP contribution in [0.4, 0.5) is 5.69 Å². The molecule has 100 valence electrons. The highest BCUT2D eigenvalue weighted by atomic mass is 15.1. The van der Waals surface area contributed by atoms with Crippen molar-refractivity contribution in [3.8, 4) is 0 Å². The molecule has 2 rings (SSSR count). The maximum absolute atomic E-state index is 4.47. The molecule has 1 heterocycles. The van der Waals surface area contributed by atoms with Crippen molar-refractivity contribution in [2.75, 3.05) is 19.0 Å². The van der Waals surface area contributed by atoms with Crippen molar-refractivity contribution in [2.24, 2.45) is 0 Å². The van der Waals surface area contributed by atoms with Crippen LogP contribution < -0.4 is 10.2 Å². The Bertz CT molecular complexity index is 518. The quantitative estimate of drug-likeness (QED) is 0.890. The van der Waals surface area contributed by atoms with Crippen LogP contribution in [0.2, 0.25) is 0 Å². The van der Waals surface area contributed by atoms with Crippen LogP contribution in [0.15, 0.2) is 42.5 Å². The van der Waals surface area contributed by atoms with E-state index in [1.807, 2.05) is 19.1 Å². The first-order valence-corrected chi connectivity index (χ1v) is 6.54. The molecular weight excluding hydrogens is 234 g/mol. The van der Waals surface area contributed by atoms with E-state index in [1.165, 1.54) is 11.3 Å². The van der Waals surface area contributed by atoms with Gasteiger partial charge in [-0.3, -0.25) is 4.98 Å². The number of hydrogen-bond donors (Lipinski definition) is 1. The zero-order chi connectivity index (χ0) is 13.7. The summed E-state index contributed by atoms with van der Waals surface area (Å²) in [6, 6.07) is 14.7. The third-order valence-corrected chi connectivity index (χ3v) is 3.03. The summed E-state index contributed by atoms with van der Waals surface area (Å²) in [4.78, 5) is 6.58. The van der Waals surface area contributed by atoms with Crippen LogP contribution in [0.3, 0.4) is 0 Å². The van der Waals surface area contributed by atoms with Crippen LogP contribution in [0.1, 0.15) is 17.0 Å². The number of nitrogens with zero attached hydrogens (tertiary/aromatic N) is 2. The minimum Gasteiger partial charge on any atom is -0.378 e. The molecule has 0 aliphatic rings. The number of rotatable bonds is 5. The molecule has 0 saturated heterocycles. The molecule has 1 aromatic heterocycles. The minimum absolute atomic E-state index is 0.803. The largest absolute Gasteiger partial charge is 0.378 e. The van der Waals surface area contributed by atoms with E-state index >= 15 is 0 Å². The summed E-state index contributed by atoms with van der Waals surface area (Å²) >= 11 is 0. The van der Waals surface area contributed by atoms with Crippen LogP contribution in [0.5, 0.6) is 0 Å². The lowest BCUT2D eigenvalue weighted by Crippen LogP contribution is -2.14. The third-order valence-electron chi connectivity index (χ3n) is 3.03. The Morgan fingerprint density at radius 3 is 2.37 bits per heavy atom. The average molecular weight is 255 g/mol. The van der Waals surface area contributed by atoms with Crippen LogP contribution in [-0.2, 0) is 13.1 Å². The first-order chi connectivity index (χ1) is 9.15. The van der Waals surface area contributed by atoms with Crippen LogP contribution in [-0.4, -0.2) is 19.1 Å². The molecule has 2 aromatic rings. The van der Waals surface area contributed by atoms with E-state index in [0.717, 1.165) is 24.5 Å². The van der Waals surface area contributed by atoms with Crippen LogP contribution in [0.25, 0.3) is 0 Å². The van der Waals surface area contributed by atoms with Crippen molar-refractivity contribution in [1.29, 1.82) is 0 Å². The average Bonchev–Trinajstić information content (AvgIpc) is 2.39. The Balaban J connectivity index is 1.85. The molecule has 0 bridgehead atoms. The van der Waals surface area contributed by atoms with Gasteiger partial charge in [-0.1, -0.05) is 18.2 Å². The van der Waals surface area contributed by atoms with E-state index in [9.17, 15) is 0 Å². The summed E-state index contributed by atoms with van der Waals surface area (Å²) in [6.07, 6.45) is 0. The highest BCUT2D eigenvalue weighted by Gasteiger charge is 1.98. The summed E-state index contributed by atoms with van der Waals surface area (Å²) in [5.74, 6) is 0. The Hall–Kier alpha value is -1.87. The predicted octanol–water partition coefficient (Wildman–Crippen LogP) is 2.75. The van der Waals surface area contributed by atoms with Crippen molar-refractivity contribution < 1.29 is 0 Å². The van der Waals surface area contributed by atoms with Gasteiger partial charge in [-0.2, -0.15) is 0 Å². The molecule has 0 aliphatic heterocycles. The van der Waals surface area contributed by atoms with Gasteiger partial charge in [0.05, 0.1) is 5.69 Å². The summed E-state index contributed by atoms with van der Waals surface area (Å²) < 4.78 is 0. The van der Waals surface area contributed by atoms with Crippen molar-refractivity contribution in [2.45, 2.75) is 20.0 Å². The zero-order valence-corrected chi connectivity index (χ0v) is 11.9. The molecule has 0 spiro atoms. The first kappa shape index (κ1) is 13.6. The van der Waals surface area contributed by atoms with Gasteiger partial charge < -0.3 is 10.2 Å². The Morgan fingerprint density at radius 1 is 1.00 bits per heavy atom. The van der Waals surface area contributed by atoms with E-state index in [4.69, 9.17) is 0 Å². The normalized spacial score (nSPS) is 10.5. The van der Waals surface area contributed by atoms with Gasteiger partial charge in [0.1, 0.15) is 0 Å². The molecule has 1 N–H and O–H groups in total. The second kappa shape index (κ2) is 6.34. The molecule has 19 heavy (non-hydrogen) atoms. The fourth-order valence-corrected chi connectivity index (χ4v) is 1.94. The summed E-state index contributed by atoms with van der Waals surface area (Å²) in [5, 5.41) is 3.42. The lowest BCUT2D eigenvalue weighted by Gasteiger charge is -2.12. The first-order valence-electron chi connectivity index (χ1n) is 6.54. The summed E-state index contributed by atoms with van der Waals surface area (Å²) in [6.45, 7) is 3.68. The SMILES string of the molecule is Cc1cccc(CNCc2ccc(N(C)C)cc2)n1. The van der Waals surface area contributed by atoms with Gasteiger partial charge >= 0.3 is 0 Å². The van der Waals surface area contributed by atoms with Crippen molar-refractivity contribution in [3.63, 3.8) is 0 Å². The van der Waals surface area contributed by atoms with Crippen LogP contribution in [0, 0.1) is 6.92 Å². The number of aromatic nitrogens is 1. The fraction of sp³-hybridized carbons (Fsp3) is 0.312. The number of pyridine rings is 1. The Morgan fingerprint density at radius 2 is 1.74 bits per heavy atom. The minimum atomic E-state index is 0.803. The second-order valence-electron chi connectivity index (χ2n) is 4.93. The number of nitrogens with one attached hydrogen (secondary N) is 1. The number of anilines is 1. The van der Waals surface area contributed by atoms with Gasteiger partial charge in [0.2, 0.25) is 0 Å². The lowest BCUT2D eigenvalue weighted by atomic mass is 10.2. The van der Waals surface area contributed by atoms with Gasteiger partial charge in [0.15, 0.2) is 0 Å². The predicted molar refractivity (Wildman–Crippen MR) is 80.3 cm³/mol. The van der Waals surface area contributed by atoms with E-state index in [1.54, 1.807) is 0 Å². The van der Waals surface area contributed by atoms with E-state index in [0.29, 0.717) is 0 Å². The maximum atomic E-state index is 4.47. The van der Waals surface area contributed by atoms with E-state index < -0.39 is 0 Å². The Kier molecular flexibility index (Phi) is 4.53. The number of hydrogen-bond acceptors (Lipinski definition) is 3. The molecular formula is C16H21N3. The second-order valence-corrected chi connectivity index (χ2v) is 4.93. The highest BCUT2D eigenvalue weighted by molar-refractivity contribution is 5.45. The van der Waals surface area contributed by atoms with Crippen molar-refractivity contribution >= 4 is 5.69 Å². The van der Waals surface area contributed by atoms with Gasteiger partial charge in [0.25, 0.3) is 0 Å². The molecule has 0 amide bonds. The molecule has 3 nitrogen and oxygen atoms in total. The molecule has 0 fully saturated rings. The highest BCUT2D eigenvalue weighted by Crippen LogP contribution is 2.12. The van der Waals surface area contributed by atoms with Crippen LogP contribution >= 0.6 is 0 Å². The van der Waals surface area contributed by atoms with E-state index in [2.05, 4.69) is 59.6 Å². The Labute approximate surface area is 115 Å². The summed E-state index contributed by atoms with van der Waals surface area (Å²) in [5.41, 5.74) is 4.67. The van der Waals surface area contributed by atoms with Gasteiger partial charge in [-0.05, 0) is 36.8 Å². The fourth-order valence-electron chi connectivity index (χ4n) is 1.94. The molecule has 0 saturated carbocycles. The smallest absolute Gasteiger partial charge is 0.0544 e. The summed E-state index contributed by atoms with van der Waals surface area (Å²) in [7, 11) is 4.10. The molecule has 0 radical (unpaired) electrons. The van der Waals surface area contributed by atoms with Gasteiger partial charge in [0, 0.05) is 38.6 Å². The molecule has 3 heteroatoms. The van der Waals surface area contributed by atoms with Crippen molar-refractivity contribution in [3.05, 3.63) is 59.4 Å². The molecule has 1 aromatic carbocycles. The third kappa shape index (κ3) is 4.07. The molecule has 0 aliphatic carbocycles. The topological polar surface area (TPSA) is 28.2 Å². The van der Waals surface area contributed by atoms with Gasteiger partial charge in [-0.15, -0.1) is 0 Å². The van der Waals surface area contributed by atoms with Crippen molar-refractivity contribution in [1.82, 2.24) is 10.3 Å². The monoisotopic (exact) mass is 255 g/mol. The zero-order valence-electron chi connectivity index (χ0n) is 11.9. The lowest BCUT2D eigenvalue weighted by molar-refractivity contribution is 0.678. The van der Waals surface area contributed by atoms with Gasteiger partial charge in [-0.25, -0.2) is 0 Å². The molecule has 0 unspecified atom stereocenters. The molecule has 0 atom stereocenters.